The average molecular weight is 326 g/mol. The number of rotatable bonds is 4. The maximum absolute atomic E-state index is 12.2. The number of para-hydroxylation sites is 1. The van der Waals surface area contributed by atoms with Crippen LogP contribution in [0.5, 0.6) is 5.75 Å². The van der Waals surface area contributed by atoms with E-state index in [0.29, 0.717) is 5.56 Å². The standard InChI is InChI=1S/C14H14O5S2/c1-11-6-3-4-9-14(11)19-21(17,18)13-8-5-7-12(10-13)20(2,15)16/h3-10H,1-2H3. The number of benzene rings is 2. The van der Waals surface area contributed by atoms with Crippen molar-refractivity contribution in [3.63, 3.8) is 0 Å². The molecule has 5 nitrogen and oxygen atoms in total. The number of aryl methyl sites for hydroxylation is 1. The Morgan fingerprint density at radius 3 is 2.10 bits per heavy atom. The lowest BCUT2D eigenvalue weighted by atomic mass is 10.2. The van der Waals surface area contributed by atoms with E-state index in [0.717, 1.165) is 12.3 Å². The molecule has 0 N–H and O–H groups in total. The van der Waals surface area contributed by atoms with E-state index in [1.54, 1.807) is 25.1 Å². The molecule has 21 heavy (non-hydrogen) atoms. The summed E-state index contributed by atoms with van der Waals surface area (Å²) in [4.78, 5) is -0.273. The smallest absolute Gasteiger partial charge is 0.339 e. The zero-order valence-corrected chi connectivity index (χ0v) is 13.1. The lowest BCUT2D eigenvalue weighted by Crippen LogP contribution is -2.11. The molecule has 0 radical (unpaired) electrons. The Kier molecular flexibility index (Phi) is 4.06. The molecule has 0 spiro atoms. The molecule has 0 saturated heterocycles. The molecule has 2 aromatic rings. The van der Waals surface area contributed by atoms with Gasteiger partial charge in [-0.05, 0) is 36.8 Å². The highest BCUT2D eigenvalue weighted by atomic mass is 32.2. The normalized spacial score (nSPS) is 12.1. The van der Waals surface area contributed by atoms with Gasteiger partial charge in [0.1, 0.15) is 10.6 Å². The molecule has 7 heteroatoms. The molecule has 0 unspecified atom stereocenters. The quantitative estimate of drug-likeness (QED) is 0.805. The molecular formula is C14H14O5S2. The first-order chi connectivity index (χ1) is 9.70. The number of sulfone groups is 1. The molecule has 0 fully saturated rings. The minimum atomic E-state index is -4.08. The summed E-state index contributed by atoms with van der Waals surface area (Å²) in [6.07, 6.45) is 1.01. The first-order valence-corrected chi connectivity index (χ1v) is 9.30. The Balaban J connectivity index is 2.44. The van der Waals surface area contributed by atoms with E-state index >= 15 is 0 Å². The van der Waals surface area contributed by atoms with Gasteiger partial charge in [0.05, 0.1) is 4.90 Å². The summed E-state index contributed by atoms with van der Waals surface area (Å²) in [6, 6.07) is 11.8. The first kappa shape index (κ1) is 15.5. The SMILES string of the molecule is Cc1ccccc1OS(=O)(=O)c1cccc(S(C)(=O)=O)c1. The highest BCUT2D eigenvalue weighted by Crippen LogP contribution is 2.23. The Morgan fingerprint density at radius 1 is 0.857 bits per heavy atom. The Labute approximate surface area is 124 Å². The van der Waals surface area contributed by atoms with Crippen LogP contribution in [0.3, 0.4) is 0 Å². The van der Waals surface area contributed by atoms with Crippen LogP contribution in [-0.4, -0.2) is 23.1 Å². The molecule has 0 saturated carbocycles. The first-order valence-electron chi connectivity index (χ1n) is 6.00. The van der Waals surface area contributed by atoms with Crippen LogP contribution in [-0.2, 0) is 20.0 Å². The molecule has 0 bridgehead atoms. The highest BCUT2D eigenvalue weighted by Gasteiger charge is 2.19. The van der Waals surface area contributed by atoms with Crippen molar-refractivity contribution < 1.29 is 21.0 Å². The molecular weight excluding hydrogens is 312 g/mol. The van der Waals surface area contributed by atoms with Crippen LogP contribution in [0.1, 0.15) is 5.56 Å². The minimum absolute atomic E-state index is 0.0723. The van der Waals surface area contributed by atoms with Crippen molar-refractivity contribution in [1.82, 2.24) is 0 Å². The van der Waals surface area contributed by atoms with Gasteiger partial charge in [0.25, 0.3) is 0 Å². The zero-order chi connectivity index (χ0) is 15.7. The van der Waals surface area contributed by atoms with Crippen molar-refractivity contribution in [3.8, 4) is 5.75 Å². The highest BCUT2D eigenvalue weighted by molar-refractivity contribution is 7.90. The maximum atomic E-state index is 12.2. The topological polar surface area (TPSA) is 77.5 Å². The van der Waals surface area contributed by atoms with E-state index in [9.17, 15) is 16.8 Å². The molecule has 0 atom stereocenters. The van der Waals surface area contributed by atoms with Crippen molar-refractivity contribution in [3.05, 3.63) is 54.1 Å². The second-order valence-electron chi connectivity index (χ2n) is 4.55. The molecule has 2 rings (SSSR count). The summed E-state index contributed by atoms with van der Waals surface area (Å²) >= 11 is 0. The minimum Gasteiger partial charge on any atom is -0.379 e. The van der Waals surface area contributed by atoms with Gasteiger partial charge >= 0.3 is 10.1 Å². The zero-order valence-electron chi connectivity index (χ0n) is 11.5. The van der Waals surface area contributed by atoms with Gasteiger partial charge in [0.2, 0.25) is 0 Å². The van der Waals surface area contributed by atoms with Gasteiger partial charge < -0.3 is 4.18 Å². The van der Waals surface area contributed by atoms with Crippen molar-refractivity contribution in [1.29, 1.82) is 0 Å². The summed E-state index contributed by atoms with van der Waals surface area (Å²) in [5.74, 6) is 0.210. The number of hydrogen-bond donors (Lipinski definition) is 0. The summed E-state index contributed by atoms with van der Waals surface area (Å²) in [6.45, 7) is 1.72. The molecule has 0 aromatic heterocycles. The molecule has 2 aromatic carbocycles. The van der Waals surface area contributed by atoms with Gasteiger partial charge in [0, 0.05) is 6.26 Å². The van der Waals surface area contributed by atoms with Crippen LogP contribution in [0.25, 0.3) is 0 Å². The van der Waals surface area contributed by atoms with E-state index < -0.39 is 20.0 Å². The molecule has 112 valence electrons. The van der Waals surface area contributed by atoms with E-state index in [2.05, 4.69) is 0 Å². The summed E-state index contributed by atoms with van der Waals surface area (Å²) in [7, 11) is -7.57. The largest absolute Gasteiger partial charge is 0.379 e. The summed E-state index contributed by atoms with van der Waals surface area (Å²) in [5, 5.41) is 0. The Bertz CT molecular complexity index is 868. The van der Waals surface area contributed by atoms with Crippen molar-refractivity contribution in [2.75, 3.05) is 6.26 Å². The third-order valence-corrected chi connectivity index (χ3v) is 5.16. The molecule has 0 aliphatic carbocycles. The third kappa shape index (κ3) is 3.62. The van der Waals surface area contributed by atoms with Gasteiger partial charge in [-0.15, -0.1) is 0 Å². The van der Waals surface area contributed by atoms with Crippen molar-refractivity contribution in [2.24, 2.45) is 0 Å². The van der Waals surface area contributed by atoms with Gasteiger partial charge in [0.15, 0.2) is 9.84 Å². The van der Waals surface area contributed by atoms with Gasteiger partial charge in [-0.2, -0.15) is 8.42 Å². The lowest BCUT2D eigenvalue weighted by molar-refractivity contribution is 0.484. The van der Waals surface area contributed by atoms with Gasteiger partial charge in [-0.1, -0.05) is 24.3 Å². The van der Waals surface area contributed by atoms with E-state index in [1.807, 2.05) is 0 Å². The van der Waals surface area contributed by atoms with E-state index in [4.69, 9.17) is 4.18 Å². The third-order valence-electron chi connectivity index (χ3n) is 2.82. The van der Waals surface area contributed by atoms with Crippen LogP contribution < -0.4 is 4.18 Å². The maximum Gasteiger partial charge on any atom is 0.339 e. The van der Waals surface area contributed by atoms with Gasteiger partial charge in [-0.25, -0.2) is 8.42 Å². The van der Waals surface area contributed by atoms with E-state index in [-0.39, 0.29) is 15.5 Å². The van der Waals surface area contributed by atoms with Gasteiger partial charge in [-0.3, -0.25) is 0 Å². The monoisotopic (exact) mass is 326 g/mol. The Hall–Kier alpha value is -1.86. The van der Waals surface area contributed by atoms with Crippen LogP contribution >= 0.6 is 0 Å². The predicted molar refractivity (Wildman–Crippen MR) is 78.5 cm³/mol. The summed E-state index contributed by atoms with van der Waals surface area (Å²) < 4.78 is 52.5. The van der Waals surface area contributed by atoms with E-state index in [1.165, 1.54) is 24.3 Å². The van der Waals surface area contributed by atoms with Crippen LogP contribution in [0.15, 0.2) is 58.3 Å². The second kappa shape index (κ2) is 5.50. The summed E-state index contributed by atoms with van der Waals surface area (Å²) in [5.41, 5.74) is 0.667. The van der Waals surface area contributed by atoms with Crippen LogP contribution in [0.4, 0.5) is 0 Å². The molecule has 0 aliphatic rings. The molecule has 0 aliphatic heterocycles. The fraction of sp³-hybridized carbons (Fsp3) is 0.143. The molecule has 0 amide bonds. The average Bonchev–Trinajstić information content (AvgIpc) is 2.40. The van der Waals surface area contributed by atoms with Crippen LogP contribution in [0.2, 0.25) is 0 Å². The fourth-order valence-corrected chi connectivity index (χ4v) is 3.45. The van der Waals surface area contributed by atoms with Crippen LogP contribution in [0, 0.1) is 6.92 Å². The fourth-order valence-electron chi connectivity index (χ4n) is 1.68. The predicted octanol–water partition coefficient (Wildman–Crippen LogP) is 2.17. The van der Waals surface area contributed by atoms with Crippen molar-refractivity contribution in [2.45, 2.75) is 16.7 Å². The lowest BCUT2D eigenvalue weighted by Gasteiger charge is -2.09. The molecule has 0 heterocycles. The second-order valence-corrected chi connectivity index (χ2v) is 8.11. The number of hydrogen-bond acceptors (Lipinski definition) is 5. The Morgan fingerprint density at radius 2 is 1.48 bits per heavy atom. The van der Waals surface area contributed by atoms with Crippen molar-refractivity contribution >= 4 is 20.0 Å².